The number of nitrogens with one attached hydrogen (secondary N) is 2. The van der Waals surface area contributed by atoms with Gasteiger partial charge in [-0.3, -0.25) is 19.2 Å². The number of anilines is 3. The number of carbonyl (C=O) groups excluding carboxylic acids is 1. The van der Waals surface area contributed by atoms with Gasteiger partial charge in [0, 0.05) is 73.8 Å². The fourth-order valence-corrected chi connectivity index (χ4v) is 4.28. The number of carbonyl (C=O) groups is 1. The summed E-state index contributed by atoms with van der Waals surface area (Å²) < 4.78 is 54.3. The van der Waals surface area contributed by atoms with Gasteiger partial charge >= 0.3 is 29.6 Å². The summed E-state index contributed by atoms with van der Waals surface area (Å²) in [7, 11) is -5.52. The SMILES string of the molecule is CS(=O)(=O)O.Cc1ccc(NC(=O)c2ccc(CN3CCN(C)CC3)cc2)cc1Nc1nccc(-c2cccnc2)n1.O=S(=O)([O-])C(I)I.[Na+]. The van der Waals surface area contributed by atoms with Crippen molar-refractivity contribution in [1.29, 1.82) is 0 Å². The molecule has 0 atom stereocenters. The number of pyridine rings is 1. The van der Waals surface area contributed by atoms with Crippen LogP contribution in [0.3, 0.4) is 0 Å². The van der Waals surface area contributed by atoms with Gasteiger partial charge in [0.15, 0.2) is 1.26 Å². The predicted molar refractivity (Wildman–Crippen MR) is 206 cm³/mol. The van der Waals surface area contributed by atoms with Gasteiger partial charge in [0.05, 0.1) is 11.9 Å². The summed E-state index contributed by atoms with van der Waals surface area (Å²) in [6.07, 6.45) is 5.93. The Balaban J connectivity index is 0.000000575. The van der Waals surface area contributed by atoms with Crippen molar-refractivity contribution >= 4 is 88.6 Å². The van der Waals surface area contributed by atoms with Crippen molar-refractivity contribution in [2.45, 2.75) is 14.7 Å². The Bertz CT molecular complexity index is 1890. The number of hydrogen-bond acceptors (Lipinski definition) is 12. The number of aromatic nitrogens is 3. The number of rotatable bonds is 8. The molecule has 0 radical (unpaired) electrons. The van der Waals surface area contributed by atoms with Crippen molar-refractivity contribution < 1.29 is 60.3 Å². The predicted octanol–water partition coefficient (Wildman–Crippen LogP) is 1.78. The van der Waals surface area contributed by atoms with Crippen LogP contribution in [0.4, 0.5) is 17.3 Å². The van der Waals surface area contributed by atoms with Gasteiger partial charge in [-0.15, -0.1) is 0 Å². The Hall–Kier alpha value is -1.86. The maximum atomic E-state index is 12.9. The molecule has 0 saturated carbocycles. The van der Waals surface area contributed by atoms with Gasteiger partial charge < -0.3 is 20.1 Å². The molecule has 5 rings (SSSR count). The van der Waals surface area contributed by atoms with Gasteiger partial charge in [0.2, 0.25) is 5.95 Å². The third-order valence-corrected chi connectivity index (χ3v) is 11.0. The van der Waals surface area contributed by atoms with E-state index in [9.17, 15) is 26.2 Å². The van der Waals surface area contributed by atoms with Gasteiger partial charge in [-0.1, -0.05) is 63.4 Å². The number of likely N-dealkylation sites (N-methyl/N-ethyl adjacent to an activating group) is 1. The molecule has 0 spiro atoms. The number of benzene rings is 2. The molecule has 264 valence electrons. The van der Waals surface area contributed by atoms with E-state index in [0.717, 1.165) is 55.2 Å². The van der Waals surface area contributed by atoms with Crippen LogP contribution in [-0.4, -0.2) is 97.3 Å². The van der Waals surface area contributed by atoms with E-state index >= 15 is 0 Å². The Morgan fingerprint density at radius 1 is 1.00 bits per heavy atom. The van der Waals surface area contributed by atoms with E-state index in [1.165, 1.54) is 50.7 Å². The monoisotopic (exact) mass is 959 g/mol. The molecule has 1 aliphatic heterocycles. The minimum atomic E-state index is -4.02. The molecule has 4 aromatic rings. The van der Waals surface area contributed by atoms with Crippen LogP contribution in [0.25, 0.3) is 11.3 Å². The van der Waals surface area contributed by atoms with E-state index in [4.69, 9.17) is 4.55 Å². The molecular weight excluding hydrogens is 923 g/mol. The zero-order valence-corrected chi connectivity index (χ0v) is 35.8. The summed E-state index contributed by atoms with van der Waals surface area (Å²) >= 11 is 3.07. The normalized spacial score (nSPS) is 13.5. The second kappa shape index (κ2) is 21.0. The first kappa shape index (κ1) is 44.3. The summed E-state index contributed by atoms with van der Waals surface area (Å²) in [6, 6.07) is 19.3. The van der Waals surface area contributed by atoms with Crippen LogP contribution >= 0.6 is 45.2 Å². The van der Waals surface area contributed by atoms with Crippen LogP contribution in [0.5, 0.6) is 0 Å². The van der Waals surface area contributed by atoms with E-state index < -0.39 is 21.5 Å². The smallest absolute Gasteiger partial charge is 0.747 e. The second-order valence-electron chi connectivity index (χ2n) is 10.9. The molecule has 3 N–H and O–H groups in total. The van der Waals surface area contributed by atoms with Crippen molar-refractivity contribution in [3.63, 3.8) is 0 Å². The number of aryl methyl sites for hydroxylation is 1. The zero-order chi connectivity index (χ0) is 36.2. The van der Waals surface area contributed by atoms with Crippen molar-refractivity contribution in [2.24, 2.45) is 0 Å². The minimum absolute atomic E-state index is 0. The number of nitrogens with zero attached hydrogens (tertiary/aromatic N) is 5. The van der Waals surface area contributed by atoms with Gasteiger partial charge in [0.1, 0.15) is 10.1 Å². The maximum absolute atomic E-state index is 12.9. The van der Waals surface area contributed by atoms with Gasteiger partial charge in [0.25, 0.3) is 16.0 Å². The van der Waals surface area contributed by atoms with Crippen molar-refractivity contribution in [2.75, 3.05) is 50.1 Å². The topological polar surface area (TPSA) is 198 Å². The van der Waals surface area contributed by atoms with Crippen molar-refractivity contribution in [1.82, 2.24) is 24.8 Å². The number of alkyl halides is 2. The van der Waals surface area contributed by atoms with E-state index in [-0.39, 0.29) is 35.5 Å². The van der Waals surface area contributed by atoms with Gasteiger partial charge in [-0.2, -0.15) is 8.42 Å². The molecule has 1 aliphatic rings. The molecule has 19 heteroatoms. The quantitative estimate of drug-likeness (QED) is 0.100. The molecule has 1 saturated heterocycles. The second-order valence-corrected chi connectivity index (χ2v) is 20.4. The molecule has 2 aromatic heterocycles. The van der Waals surface area contributed by atoms with Gasteiger partial charge in [-0.05, 0) is 67.6 Å². The molecule has 3 heterocycles. The van der Waals surface area contributed by atoms with E-state index in [1.807, 2.05) is 67.6 Å². The van der Waals surface area contributed by atoms with Crippen molar-refractivity contribution in [3.05, 3.63) is 95.9 Å². The first-order valence-corrected chi connectivity index (χ1v) is 20.4. The standard InChI is InChI=1S/C29H31N7O.CH2I2O3S.CH4O3S.Na/c1-21-5-10-25(18-27(21)34-29-31-13-11-26(33-29)24-4-3-12-30-19-24)32-28(37)23-8-6-22(7-9-23)20-36-16-14-35(2)15-17-36;2-1(3)7(4,5)6;1-5(2,3)4;/h3-13,18-19H,14-17,20H2,1-2H3,(H,32,37)(H,31,33,34);1H,(H,4,5,6);1H3,(H,2,3,4);/q;;;+1/p-1. The Morgan fingerprint density at radius 2 is 1.62 bits per heavy atom. The zero-order valence-electron chi connectivity index (χ0n) is 27.8. The third-order valence-electron chi connectivity index (χ3n) is 6.79. The molecule has 1 amide bonds. The van der Waals surface area contributed by atoms with Crippen molar-refractivity contribution in [3.8, 4) is 11.3 Å². The molecule has 50 heavy (non-hydrogen) atoms. The first-order valence-electron chi connectivity index (χ1n) is 14.6. The fourth-order valence-electron chi connectivity index (χ4n) is 4.28. The molecule has 0 bridgehead atoms. The Labute approximate surface area is 342 Å². The summed E-state index contributed by atoms with van der Waals surface area (Å²) in [6.45, 7) is 7.24. The number of piperazine rings is 1. The Kier molecular flexibility index (Phi) is 18.6. The van der Waals surface area contributed by atoms with E-state index in [1.54, 1.807) is 18.6 Å². The average Bonchev–Trinajstić information content (AvgIpc) is 3.04. The Morgan fingerprint density at radius 3 is 2.18 bits per heavy atom. The van der Waals surface area contributed by atoms with Crippen LogP contribution in [0.1, 0.15) is 21.5 Å². The van der Waals surface area contributed by atoms with E-state index in [2.05, 4.69) is 42.4 Å². The maximum Gasteiger partial charge on any atom is 1.00 e. The molecule has 14 nitrogen and oxygen atoms in total. The molecule has 0 aliphatic carbocycles. The largest absolute Gasteiger partial charge is 1.00 e. The fraction of sp³-hybridized carbons (Fsp3) is 0.290. The molecule has 0 unspecified atom stereocenters. The minimum Gasteiger partial charge on any atom is -0.747 e. The summed E-state index contributed by atoms with van der Waals surface area (Å²) in [5, 5.41) is 6.29. The number of halogens is 2. The first-order chi connectivity index (χ1) is 23.0. The van der Waals surface area contributed by atoms with Crippen LogP contribution in [0.2, 0.25) is 0 Å². The van der Waals surface area contributed by atoms with Crippen LogP contribution < -0.4 is 40.2 Å². The molecular formula is C31H36I2N7NaO7S2. The molecule has 1 fully saturated rings. The third kappa shape index (κ3) is 16.7. The number of amides is 1. The summed E-state index contributed by atoms with van der Waals surface area (Å²) in [5.74, 6) is 0.333. The summed E-state index contributed by atoms with van der Waals surface area (Å²) in [4.78, 5) is 30.9. The van der Waals surface area contributed by atoms with Gasteiger partial charge in [-0.25, -0.2) is 18.4 Å². The summed E-state index contributed by atoms with van der Waals surface area (Å²) in [5.41, 5.74) is 6.08. The van der Waals surface area contributed by atoms with E-state index in [0.29, 0.717) is 23.5 Å². The number of hydrogen-bond donors (Lipinski definition) is 3. The molecule has 2 aromatic carbocycles. The average molecular weight is 960 g/mol. The van der Waals surface area contributed by atoms with Crippen LogP contribution in [0, 0.1) is 6.92 Å². The van der Waals surface area contributed by atoms with Crippen LogP contribution in [-0.2, 0) is 26.8 Å². The van der Waals surface area contributed by atoms with Crippen LogP contribution in [0.15, 0.2) is 79.3 Å².